The van der Waals surface area contributed by atoms with E-state index in [9.17, 15) is 4.39 Å². The molecule has 2 nitrogen and oxygen atoms in total. The number of hydrogen-bond donors (Lipinski definition) is 1. The highest BCUT2D eigenvalue weighted by molar-refractivity contribution is 5.47. The maximum atomic E-state index is 12.9. The molecular formula is C10H13FN2. The molecule has 1 heterocycles. The standard InChI is InChI=1S/C10H13FN2/c11-8-2-1-3-10(6-8)13-5-4-9(12)7-13/h1-3,6,9H,4-5,7,12H2. The Morgan fingerprint density at radius 1 is 1.46 bits per heavy atom. The van der Waals surface area contributed by atoms with Gasteiger partial charge in [0, 0.05) is 24.8 Å². The molecule has 0 aromatic heterocycles. The van der Waals surface area contributed by atoms with E-state index in [-0.39, 0.29) is 11.9 Å². The lowest BCUT2D eigenvalue weighted by Gasteiger charge is -2.17. The van der Waals surface area contributed by atoms with Crippen LogP contribution >= 0.6 is 0 Å². The van der Waals surface area contributed by atoms with E-state index in [2.05, 4.69) is 4.90 Å². The van der Waals surface area contributed by atoms with Crippen LogP contribution < -0.4 is 10.6 Å². The van der Waals surface area contributed by atoms with Crippen LogP contribution in [0, 0.1) is 5.82 Å². The van der Waals surface area contributed by atoms with Gasteiger partial charge in [-0.15, -0.1) is 0 Å². The normalized spacial score (nSPS) is 22.3. The van der Waals surface area contributed by atoms with Crippen LogP contribution in [-0.4, -0.2) is 19.1 Å². The zero-order valence-corrected chi connectivity index (χ0v) is 7.41. The molecule has 3 heteroatoms. The van der Waals surface area contributed by atoms with Gasteiger partial charge >= 0.3 is 0 Å². The summed E-state index contributed by atoms with van der Waals surface area (Å²) in [4.78, 5) is 2.12. The van der Waals surface area contributed by atoms with Crippen LogP contribution in [0.3, 0.4) is 0 Å². The third kappa shape index (κ3) is 1.80. The average molecular weight is 180 g/mol. The van der Waals surface area contributed by atoms with E-state index in [0.717, 1.165) is 25.2 Å². The molecular weight excluding hydrogens is 167 g/mol. The van der Waals surface area contributed by atoms with Gasteiger partial charge in [-0.1, -0.05) is 6.07 Å². The van der Waals surface area contributed by atoms with E-state index in [4.69, 9.17) is 5.73 Å². The molecule has 1 unspecified atom stereocenters. The van der Waals surface area contributed by atoms with Crippen LogP contribution in [0.2, 0.25) is 0 Å². The lowest BCUT2D eigenvalue weighted by molar-refractivity contribution is 0.627. The molecule has 2 rings (SSSR count). The van der Waals surface area contributed by atoms with Crippen molar-refractivity contribution in [2.45, 2.75) is 12.5 Å². The predicted molar refractivity (Wildman–Crippen MR) is 51.2 cm³/mol. The first-order valence-corrected chi connectivity index (χ1v) is 4.52. The molecule has 0 aliphatic carbocycles. The number of nitrogens with two attached hydrogens (primary N) is 1. The molecule has 1 aliphatic rings. The summed E-state index contributed by atoms with van der Waals surface area (Å²) in [6.45, 7) is 1.77. The summed E-state index contributed by atoms with van der Waals surface area (Å²) in [6, 6.07) is 6.90. The number of rotatable bonds is 1. The third-order valence-corrected chi connectivity index (χ3v) is 2.40. The number of anilines is 1. The van der Waals surface area contributed by atoms with Crippen LogP contribution in [-0.2, 0) is 0 Å². The van der Waals surface area contributed by atoms with Crippen molar-refractivity contribution >= 4 is 5.69 Å². The largest absolute Gasteiger partial charge is 0.370 e. The summed E-state index contributed by atoms with van der Waals surface area (Å²) >= 11 is 0. The maximum Gasteiger partial charge on any atom is 0.125 e. The highest BCUT2D eigenvalue weighted by atomic mass is 19.1. The molecule has 70 valence electrons. The van der Waals surface area contributed by atoms with Crippen molar-refractivity contribution in [3.63, 3.8) is 0 Å². The van der Waals surface area contributed by atoms with Gasteiger partial charge in [0.2, 0.25) is 0 Å². The van der Waals surface area contributed by atoms with E-state index in [1.165, 1.54) is 6.07 Å². The first-order valence-electron chi connectivity index (χ1n) is 4.52. The lowest BCUT2D eigenvalue weighted by atomic mass is 10.3. The zero-order valence-electron chi connectivity index (χ0n) is 7.41. The fourth-order valence-corrected chi connectivity index (χ4v) is 1.69. The minimum Gasteiger partial charge on any atom is -0.370 e. The summed E-state index contributed by atoms with van der Waals surface area (Å²) in [7, 11) is 0. The molecule has 1 atom stereocenters. The summed E-state index contributed by atoms with van der Waals surface area (Å²) in [6.07, 6.45) is 0.997. The van der Waals surface area contributed by atoms with Gasteiger partial charge in [-0.05, 0) is 24.6 Å². The number of hydrogen-bond acceptors (Lipinski definition) is 2. The van der Waals surface area contributed by atoms with Crippen molar-refractivity contribution < 1.29 is 4.39 Å². The summed E-state index contributed by atoms with van der Waals surface area (Å²) in [5.41, 5.74) is 6.70. The van der Waals surface area contributed by atoms with E-state index >= 15 is 0 Å². The Bertz CT molecular complexity index is 301. The Balaban J connectivity index is 2.16. The van der Waals surface area contributed by atoms with Crippen molar-refractivity contribution in [2.24, 2.45) is 5.73 Å². The Morgan fingerprint density at radius 2 is 2.31 bits per heavy atom. The van der Waals surface area contributed by atoms with Crippen molar-refractivity contribution in [1.82, 2.24) is 0 Å². The van der Waals surface area contributed by atoms with Gasteiger partial charge in [0.1, 0.15) is 5.82 Å². The fourth-order valence-electron chi connectivity index (χ4n) is 1.69. The monoisotopic (exact) mass is 180 g/mol. The Labute approximate surface area is 77.2 Å². The predicted octanol–water partition coefficient (Wildman–Crippen LogP) is 1.36. The zero-order chi connectivity index (χ0) is 9.26. The quantitative estimate of drug-likeness (QED) is 0.707. The van der Waals surface area contributed by atoms with Crippen LogP contribution in [0.5, 0.6) is 0 Å². The van der Waals surface area contributed by atoms with Crippen LogP contribution in [0.4, 0.5) is 10.1 Å². The van der Waals surface area contributed by atoms with Crippen molar-refractivity contribution in [2.75, 3.05) is 18.0 Å². The summed E-state index contributed by atoms with van der Waals surface area (Å²) < 4.78 is 12.9. The average Bonchev–Trinajstić information content (AvgIpc) is 2.52. The second kappa shape index (κ2) is 3.34. The molecule has 0 spiro atoms. The van der Waals surface area contributed by atoms with Gasteiger partial charge in [0.15, 0.2) is 0 Å². The molecule has 1 aromatic rings. The van der Waals surface area contributed by atoms with Gasteiger partial charge in [0.25, 0.3) is 0 Å². The SMILES string of the molecule is NC1CCN(c2cccc(F)c2)C1. The van der Waals surface area contributed by atoms with E-state index in [1.54, 1.807) is 12.1 Å². The molecule has 1 saturated heterocycles. The summed E-state index contributed by atoms with van der Waals surface area (Å²) in [5, 5.41) is 0. The first kappa shape index (κ1) is 8.51. The second-order valence-electron chi connectivity index (χ2n) is 3.47. The molecule has 2 N–H and O–H groups in total. The van der Waals surface area contributed by atoms with Crippen molar-refractivity contribution in [3.8, 4) is 0 Å². The third-order valence-electron chi connectivity index (χ3n) is 2.40. The molecule has 0 radical (unpaired) electrons. The van der Waals surface area contributed by atoms with Crippen LogP contribution in [0.25, 0.3) is 0 Å². The lowest BCUT2D eigenvalue weighted by Crippen LogP contribution is -2.26. The van der Waals surface area contributed by atoms with Gasteiger partial charge < -0.3 is 10.6 Å². The van der Waals surface area contributed by atoms with Crippen LogP contribution in [0.15, 0.2) is 24.3 Å². The smallest absolute Gasteiger partial charge is 0.125 e. The molecule has 0 bridgehead atoms. The minimum atomic E-state index is -0.182. The highest BCUT2D eigenvalue weighted by Crippen LogP contribution is 2.19. The Hall–Kier alpha value is -1.09. The van der Waals surface area contributed by atoms with Gasteiger partial charge in [0.05, 0.1) is 0 Å². The van der Waals surface area contributed by atoms with Gasteiger partial charge in [-0.3, -0.25) is 0 Å². The van der Waals surface area contributed by atoms with E-state index < -0.39 is 0 Å². The molecule has 1 aliphatic heterocycles. The second-order valence-corrected chi connectivity index (χ2v) is 3.47. The van der Waals surface area contributed by atoms with E-state index in [1.807, 2.05) is 6.07 Å². The number of halogens is 1. The molecule has 1 fully saturated rings. The first-order chi connectivity index (χ1) is 6.25. The fraction of sp³-hybridized carbons (Fsp3) is 0.400. The maximum absolute atomic E-state index is 12.9. The minimum absolute atomic E-state index is 0.182. The summed E-state index contributed by atoms with van der Waals surface area (Å²) in [5.74, 6) is -0.182. The molecule has 13 heavy (non-hydrogen) atoms. The Morgan fingerprint density at radius 3 is 2.92 bits per heavy atom. The van der Waals surface area contributed by atoms with Crippen LogP contribution in [0.1, 0.15) is 6.42 Å². The molecule has 1 aromatic carbocycles. The number of nitrogens with zero attached hydrogens (tertiary/aromatic N) is 1. The van der Waals surface area contributed by atoms with Gasteiger partial charge in [-0.25, -0.2) is 4.39 Å². The molecule has 0 amide bonds. The van der Waals surface area contributed by atoms with E-state index in [0.29, 0.717) is 0 Å². The highest BCUT2D eigenvalue weighted by Gasteiger charge is 2.19. The topological polar surface area (TPSA) is 29.3 Å². The van der Waals surface area contributed by atoms with Gasteiger partial charge in [-0.2, -0.15) is 0 Å². The van der Waals surface area contributed by atoms with Crippen molar-refractivity contribution in [1.29, 1.82) is 0 Å². The van der Waals surface area contributed by atoms with Crippen molar-refractivity contribution in [3.05, 3.63) is 30.1 Å². The Kier molecular flexibility index (Phi) is 2.19. The number of benzene rings is 1. The molecule has 0 saturated carbocycles.